The summed E-state index contributed by atoms with van der Waals surface area (Å²) >= 11 is 0. The van der Waals surface area contributed by atoms with E-state index in [1.807, 2.05) is 29.2 Å². The Bertz CT molecular complexity index is 756. The summed E-state index contributed by atoms with van der Waals surface area (Å²) in [5, 5.41) is 16.8. The van der Waals surface area contributed by atoms with Crippen molar-refractivity contribution in [3.8, 4) is 0 Å². The van der Waals surface area contributed by atoms with Crippen molar-refractivity contribution in [3.63, 3.8) is 0 Å². The highest BCUT2D eigenvalue weighted by Crippen LogP contribution is 2.35. The van der Waals surface area contributed by atoms with Gasteiger partial charge in [0.1, 0.15) is 12.7 Å². The third-order valence-corrected chi connectivity index (χ3v) is 5.14. The van der Waals surface area contributed by atoms with E-state index in [4.69, 9.17) is 4.74 Å². The first-order valence-corrected chi connectivity index (χ1v) is 8.91. The van der Waals surface area contributed by atoms with Crippen LogP contribution in [0.5, 0.6) is 0 Å². The molecule has 8 heteroatoms. The Morgan fingerprint density at radius 1 is 1.38 bits per heavy atom. The van der Waals surface area contributed by atoms with E-state index in [2.05, 4.69) is 15.4 Å². The lowest BCUT2D eigenvalue weighted by Crippen LogP contribution is -2.47. The molecule has 138 valence electrons. The van der Waals surface area contributed by atoms with Gasteiger partial charge < -0.3 is 20.1 Å². The first-order valence-electron chi connectivity index (χ1n) is 8.91. The Morgan fingerprint density at radius 3 is 2.92 bits per heavy atom. The number of nitrogens with zero attached hydrogens (tertiary/aromatic N) is 4. The van der Waals surface area contributed by atoms with Gasteiger partial charge in [-0.15, -0.1) is 0 Å². The molecule has 2 amide bonds. The Morgan fingerprint density at radius 2 is 2.23 bits per heavy atom. The average Bonchev–Trinajstić information content (AvgIpc) is 3.26. The molecule has 8 nitrogen and oxygen atoms in total. The van der Waals surface area contributed by atoms with Gasteiger partial charge in [0.15, 0.2) is 0 Å². The number of hydrogen-bond acceptors (Lipinski definition) is 5. The van der Waals surface area contributed by atoms with Crippen LogP contribution in [0.1, 0.15) is 24.8 Å². The van der Waals surface area contributed by atoms with Gasteiger partial charge in [0, 0.05) is 25.2 Å². The number of amides is 2. The molecule has 0 unspecified atom stereocenters. The van der Waals surface area contributed by atoms with Crippen LogP contribution in [0.15, 0.2) is 36.9 Å². The molecule has 3 heterocycles. The molecule has 4 rings (SSSR count). The van der Waals surface area contributed by atoms with Crippen molar-refractivity contribution in [1.82, 2.24) is 19.7 Å². The Kier molecular flexibility index (Phi) is 4.60. The monoisotopic (exact) mass is 357 g/mol. The lowest BCUT2D eigenvalue weighted by molar-refractivity contribution is -0.0365. The van der Waals surface area contributed by atoms with Gasteiger partial charge in [0.05, 0.1) is 24.9 Å². The van der Waals surface area contributed by atoms with Crippen LogP contribution >= 0.6 is 0 Å². The summed E-state index contributed by atoms with van der Waals surface area (Å²) < 4.78 is 7.52. The molecule has 26 heavy (non-hydrogen) atoms. The number of anilines is 1. The van der Waals surface area contributed by atoms with Gasteiger partial charge in [0.2, 0.25) is 0 Å². The highest BCUT2D eigenvalue weighted by Gasteiger charge is 2.42. The van der Waals surface area contributed by atoms with Gasteiger partial charge in [-0.3, -0.25) is 0 Å². The molecule has 0 aliphatic carbocycles. The first kappa shape index (κ1) is 17.0. The minimum absolute atomic E-state index is 0.101. The van der Waals surface area contributed by atoms with E-state index < -0.39 is 0 Å². The second kappa shape index (κ2) is 7.05. The quantitative estimate of drug-likeness (QED) is 0.868. The zero-order valence-electron chi connectivity index (χ0n) is 14.5. The summed E-state index contributed by atoms with van der Waals surface area (Å²) in [4.78, 5) is 18.3. The number of aliphatic hydroxyl groups excluding tert-OH is 1. The highest BCUT2D eigenvalue weighted by molar-refractivity contribution is 5.89. The molecule has 0 bridgehead atoms. The van der Waals surface area contributed by atoms with Crippen molar-refractivity contribution in [2.75, 3.05) is 25.0 Å². The van der Waals surface area contributed by atoms with Crippen LogP contribution in [0.3, 0.4) is 0 Å². The molecule has 2 N–H and O–H groups in total. The molecule has 2 saturated heterocycles. The molecule has 1 atom stereocenters. The molecular weight excluding hydrogens is 334 g/mol. The highest BCUT2D eigenvalue weighted by atomic mass is 16.5. The van der Waals surface area contributed by atoms with Crippen molar-refractivity contribution in [1.29, 1.82) is 0 Å². The molecule has 2 fully saturated rings. The van der Waals surface area contributed by atoms with E-state index in [0.717, 1.165) is 24.1 Å². The Labute approximate surface area is 151 Å². The van der Waals surface area contributed by atoms with Crippen molar-refractivity contribution >= 4 is 11.7 Å². The lowest BCUT2D eigenvalue weighted by Gasteiger charge is -2.38. The van der Waals surface area contributed by atoms with Crippen LogP contribution in [0.4, 0.5) is 10.5 Å². The van der Waals surface area contributed by atoms with Crippen molar-refractivity contribution in [2.45, 2.75) is 37.5 Å². The van der Waals surface area contributed by atoms with E-state index in [9.17, 15) is 9.90 Å². The van der Waals surface area contributed by atoms with E-state index in [1.165, 1.54) is 6.33 Å². The fourth-order valence-electron chi connectivity index (χ4n) is 3.74. The first-order chi connectivity index (χ1) is 12.6. The largest absolute Gasteiger partial charge is 0.391 e. The number of likely N-dealkylation sites (tertiary alicyclic amines) is 1. The maximum atomic E-state index is 12.6. The van der Waals surface area contributed by atoms with Crippen LogP contribution in [-0.2, 0) is 11.3 Å². The number of nitrogens with one attached hydrogen (secondary N) is 1. The molecule has 1 spiro atoms. The number of aliphatic hydroxyl groups is 1. The maximum absolute atomic E-state index is 12.6. The van der Waals surface area contributed by atoms with Gasteiger partial charge in [-0.25, -0.2) is 14.5 Å². The number of benzene rings is 1. The van der Waals surface area contributed by atoms with Gasteiger partial charge >= 0.3 is 6.03 Å². The standard InChI is InChI=1S/C18H23N5O3/c24-16-9-18(26-11-16)4-6-22(7-5-18)17(25)21-15-3-1-2-14(8-15)10-23-13-19-12-20-23/h1-3,8,12-13,16,24H,4-7,9-11H2,(H,21,25)/t16-/m1/s1. The number of ether oxygens (including phenoxy) is 1. The van der Waals surface area contributed by atoms with Crippen molar-refractivity contribution < 1.29 is 14.6 Å². The van der Waals surface area contributed by atoms with Crippen LogP contribution < -0.4 is 5.32 Å². The third kappa shape index (κ3) is 3.71. The van der Waals surface area contributed by atoms with E-state index >= 15 is 0 Å². The molecule has 1 aromatic carbocycles. The summed E-state index contributed by atoms with van der Waals surface area (Å²) in [6.45, 7) is 2.29. The van der Waals surface area contributed by atoms with Crippen LogP contribution in [0.25, 0.3) is 0 Å². The van der Waals surface area contributed by atoms with Gasteiger partial charge in [-0.2, -0.15) is 5.10 Å². The number of hydrogen-bond donors (Lipinski definition) is 2. The predicted octanol–water partition coefficient (Wildman–Crippen LogP) is 1.47. The fraction of sp³-hybridized carbons (Fsp3) is 0.500. The average molecular weight is 357 g/mol. The summed E-state index contributed by atoms with van der Waals surface area (Å²) in [5.41, 5.74) is 1.56. The van der Waals surface area contributed by atoms with Gasteiger partial charge in [-0.1, -0.05) is 12.1 Å². The molecular formula is C18H23N5O3. The van der Waals surface area contributed by atoms with E-state index in [1.54, 1.807) is 11.0 Å². The normalized spacial score (nSPS) is 21.9. The number of carbonyl (C=O) groups excluding carboxylic acids is 1. The number of piperidine rings is 1. The predicted molar refractivity (Wildman–Crippen MR) is 94.7 cm³/mol. The smallest absolute Gasteiger partial charge is 0.321 e. The minimum atomic E-state index is -0.372. The van der Waals surface area contributed by atoms with Crippen LogP contribution in [0.2, 0.25) is 0 Å². The fourth-order valence-corrected chi connectivity index (χ4v) is 3.74. The molecule has 2 aromatic rings. The zero-order chi connectivity index (χ0) is 18.0. The summed E-state index contributed by atoms with van der Waals surface area (Å²) in [6.07, 6.45) is 5.00. The van der Waals surface area contributed by atoms with E-state index in [-0.39, 0.29) is 17.7 Å². The summed E-state index contributed by atoms with van der Waals surface area (Å²) in [7, 11) is 0. The Hall–Kier alpha value is -2.45. The molecule has 2 aliphatic heterocycles. The van der Waals surface area contributed by atoms with Crippen LogP contribution in [-0.4, -0.2) is 62.2 Å². The van der Waals surface area contributed by atoms with Crippen LogP contribution in [0, 0.1) is 0 Å². The molecule has 1 aromatic heterocycles. The van der Waals surface area contributed by atoms with Crippen molar-refractivity contribution in [2.24, 2.45) is 0 Å². The maximum Gasteiger partial charge on any atom is 0.321 e. The number of urea groups is 1. The SMILES string of the molecule is O=C(Nc1cccc(Cn2cncn2)c1)N1CCC2(CC1)C[C@@H](O)CO2. The summed E-state index contributed by atoms with van der Waals surface area (Å²) in [5.74, 6) is 0. The zero-order valence-corrected chi connectivity index (χ0v) is 14.5. The van der Waals surface area contributed by atoms with E-state index in [0.29, 0.717) is 32.7 Å². The second-order valence-electron chi connectivity index (χ2n) is 7.06. The number of aromatic nitrogens is 3. The number of carbonyl (C=O) groups is 1. The lowest BCUT2D eigenvalue weighted by atomic mass is 9.88. The topological polar surface area (TPSA) is 92.5 Å². The second-order valence-corrected chi connectivity index (χ2v) is 7.06. The third-order valence-electron chi connectivity index (χ3n) is 5.14. The Balaban J connectivity index is 1.34. The summed E-state index contributed by atoms with van der Waals surface area (Å²) in [6, 6.07) is 7.63. The molecule has 2 aliphatic rings. The van der Waals surface area contributed by atoms with Gasteiger partial charge in [0.25, 0.3) is 0 Å². The minimum Gasteiger partial charge on any atom is -0.391 e. The van der Waals surface area contributed by atoms with Crippen molar-refractivity contribution in [3.05, 3.63) is 42.5 Å². The number of rotatable bonds is 3. The van der Waals surface area contributed by atoms with Gasteiger partial charge in [-0.05, 0) is 30.5 Å². The molecule has 0 saturated carbocycles. The molecule has 0 radical (unpaired) electrons.